The summed E-state index contributed by atoms with van der Waals surface area (Å²) in [5.41, 5.74) is 0. The molecular weight excluding hydrogens is 236 g/mol. The van der Waals surface area contributed by atoms with Gasteiger partial charge in [0, 0.05) is 28.7 Å². The molecule has 17 heavy (non-hydrogen) atoms. The summed E-state index contributed by atoms with van der Waals surface area (Å²) in [6.07, 6.45) is 8.97. The van der Waals surface area contributed by atoms with Crippen LogP contribution in [0.25, 0.3) is 0 Å². The van der Waals surface area contributed by atoms with Crippen molar-refractivity contribution in [3.8, 4) is 0 Å². The van der Waals surface area contributed by atoms with Crippen molar-refractivity contribution in [3.63, 3.8) is 0 Å². The number of aliphatic carboxylic acids is 1. The van der Waals surface area contributed by atoms with E-state index in [-0.39, 0.29) is 6.42 Å². The van der Waals surface area contributed by atoms with Crippen molar-refractivity contribution in [3.05, 3.63) is 0 Å². The summed E-state index contributed by atoms with van der Waals surface area (Å²) in [4.78, 5) is 10.3. The first-order valence-electron chi connectivity index (χ1n) is 6.73. The maximum Gasteiger partial charge on any atom is 0.303 e. The molecule has 0 aromatic heterocycles. The smallest absolute Gasteiger partial charge is 0.303 e. The fourth-order valence-corrected chi connectivity index (χ4v) is 2.94. The van der Waals surface area contributed by atoms with Gasteiger partial charge in [-0.25, -0.2) is 0 Å². The normalized spacial score (nSPS) is 12.5. The van der Waals surface area contributed by atoms with Crippen LogP contribution in [0.5, 0.6) is 0 Å². The Bertz CT molecular complexity index is 217. The van der Waals surface area contributed by atoms with Crippen LogP contribution in [0.15, 0.2) is 0 Å². The van der Waals surface area contributed by atoms with Gasteiger partial charge < -0.3 is 5.11 Å². The number of carboxylic acids is 1. The van der Waals surface area contributed by atoms with Crippen molar-refractivity contribution >= 4 is 16.8 Å². The predicted octanol–water partition coefficient (Wildman–Crippen LogP) is 3.35. The molecule has 0 saturated heterocycles. The Hall–Kier alpha value is -0.380. The second-order valence-electron chi connectivity index (χ2n) is 4.47. The summed E-state index contributed by atoms with van der Waals surface area (Å²) in [5, 5.41) is 8.45. The van der Waals surface area contributed by atoms with Gasteiger partial charge in [0.2, 0.25) is 0 Å². The van der Waals surface area contributed by atoms with Gasteiger partial charge in [-0.1, -0.05) is 39.0 Å². The topological polar surface area (TPSA) is 54.4 Å². The molecule has 0 aliphatic carbocycles. The molecular formula is C13H26O3S. The van der Waals surface area contributed by atoms with Gasteiger partial charge in [0.1, 0.15) is 0 Å². The molecule has 0 radical (unpaired) electrons. The Morgan fingerprint density at radius 1 is 0.941 bits per heavy atom. The lowest BCUT2D eigenvalue weighted by Crippen LogP contribution is -2.04. The number of hydrogen-bond donors (Lipinski definition) is 1. The number of rotatable bonds is 12. The standard InChI is InChI=1S/C13H26O3S/c1-2-3-4-5-6-8-11-17(16)12-9-7-10-13(14)15/h2-12H2,1H3,(H,14,15)/t17-/m0/s1. The minimum Gasteiger partial charge on any atom is -0.481 e. The van der Waals surface area contributed by atoms with Crippen molar-refractivity contribution < 1.29 is 14.1 Å². The summed E-state index contributed by atoms with van der Waals surface area (Å²) >= 11 is 0. The molecule has 0 unspecified atom stereocenters. The summed E-state index contributed by atoms with van der Waals surface area (Å²) in [5.74, 6) is 0.702. The van der Waals surface area contributed by atoms with Gasteiger partial charge in [0.25, 0.3) is 0 Å². The fraction of sp³-hybridized carbons (Fsp3) is 0.923. The maximum atomic E-state index is 11.5. The van der Waals surface area contributed by atoms with E-state index >= 15 is 0 Å². The minimum absolute atomic E-state index is 0.203. The zero-order chi connectivity index (χ0) is 12.9. The third-order valence-electron chi connectivity index (χ3n) is 2.74. The SMILES string of the molecule is CCCCCCCC[S@](=O)CCCCC(=O)O. The minimum atomic E-state index is -0.758. The van der Waals surface area contributed by atoms with Crippen LogP contribution in [0.4, 0.5) is 0 Å². The molecule has 1 atom stereocenters. The zero-order valence-corrected chi connectivity index (χ0v) is 11.8. The Kier molecular flexibility index (Phi) is 11.8. The number of unbranched alkanes of at least 4 members (excludes halogenated alkanes) is 6. The molecule has 0 aromatic rings. The van der Waals surface area contributed by atoms with E-state index in [1.807, 2.05) is 0 Å². The molecule has 0 aromatic carbocycles. The molecule has 0 bridgehead atoms. The lowest BCUT2D eigenvalue weighted by atomic mass is 10.1. The monoisotopic (exact) mass is 262 g/mol. The van der Waals surface area contributed by atoms with E-state index in [1.54, 1.807) is 0 Å². The molecule has 0 aliphatic heterocycles. The average Bonchev–Trinajstić information content (AvgIpc) is 2.29. The third kappa shape index (κ3) is 13.6. The van der Waals surface area contributed by atoms with E-state index in [0.29, 0.717) is 12.2 Å². The predicted molar refractivity (Wildman–Crippen MR) is 72.7 cm³/mol. The second kappa shape index (κ2) is 12.1. The van der Waals surface area contributed by atoms with Crippen molar-refractivity contribution in [2.75, 3.05) is 11.5 Å². The van der Waals surface area contributed by atoms with Crippen LogP contribution in [-0.4, -0.2) is 26.8 Å². The van der Waals surface area contributed by atoms with Crippen LogP contribution in [0.1, 0.15) is 64.7 Å². The Balaban J connectivity index is 3.20. The molecule has 0 heterocycles. The largest absolute Gasteiger partial charge is 0.481 e. The molecule has 0 rings (SSSR count). The van der Waals surface area contributed by atoms with E-state index in [2.05, 4.69) is 6.92 Å². The van der Waals surface area contributed by atoms with Crippen LogP contribution in [-0.2, 0) is 15.6 Å². The van der Waals surface area contributed by atoms with E-state index in [9.17, 15) is 9.00 Å². The first-order valence-corrected chi connectivity index (χ1v) is 8.22. The highest BCUT2D eigenvalue weighted by atomic mass is 32.2. The van der Waals surface area contributed by atoms with Gasteiger partial charge in [-0.2, -0.15) is 0 Å². The Labute approximate surface area is 107 Å². The first-order chi connectivity index (χ1) is 8.16. The number of carboxylic acid groups (broad SMARTS) is 1. The molecule has 1 N–H and O–H groups in total. The average molecular weight is 262 g/mol. The Morgan fingerprint density at radius 2 is 1.47 bits per heavy atom. The highest BCUT2D eigenvalue weighted by Gasteiger charge is 2.01. The highest BCUT2D eigenvalue weighted by Crippen LogP contribution is 2.06. The second-order valence-corrected chi connectivity index (χ2v) is 6.16. The lowest BCUT2D eigenvalue weighted by Gasteiger charge is -2.02. The van der Waals surface area contributed by atoms with Crippen LogP contribution in [0, 0.1) is 0 Å². The summed E-state index contributed by atoms with van der Waals surface area (Å²) in [7, 11) is -0.735. The van der Waals surface area contributed by atoms with Crippen LogP contribution in [0.3, 0.4) is 0 Å². The van der Waals surface area contributed by atoms with E-state index in [4.69, 9.17) is 5.11 Å². The van der Waals surface area contributed by atoms with Gasteiger partial charge in [-0.05, 0) is 19.3 Å². The summed E-state index contributed by atoms with van der Waals surface area (Å²) < 4.78 is 11.5. The molecule has 0 amide bonds. The molecule has 3 nitrogen and oxygen atoms in total. The molecule has 0 aliphatic rings. The first kappa shape index (κ1) is 16.6. The fourth-order valence-electron chi connectivity index (χ4n) is 1.68. The van der Waals surface area contributed by atoms with Crippen molar-refractivity contribution in [1.29, 1.82) is 0 Å². The highest BCUT2D eigenvalue weighted by molar-refractivity contribution is 7.84. The zero-order valence-electron chi connectivity index (χ0n) is 11.0. The van der Waals surface area contributed by atoms with Gasteiger partial charge in [-0.15, -0.1) is 0 Å². The van der Waals surface area contributed by atoms with Crippen molar-refractivity contribution in [1.82, 2.24) is 0 Å². The van der Waals surface area contributed by atoms with Crippen LogP contribution >= 0.6 is 0 Å². The van der Waals surface area contributed by atoms with Crippen LogP contribution < -0.4 is 0 Å². The lowest BCUT2D eigenvalue weighted by molar-refractivity contribution is -0.137. The number of hydrogen-bond acceptors (Lipinski definition) is 2. The van der Waals surface area contributed by atoms with Gasteiger partial charge in [0.05, 0.1) is 0 Å². The summed E-state index contributed by atoms with van der Waals surface area (Å²) in [6, 6.07) is 0. The Morgan fingerprint density at radius 3 is 2.06 bits per heavy atom. The van der Waals surface area contributed by atoms with Crippen molar-refractivity contribution in [2.45, 2.75) is 64.7 Å². The molecule has 102 valence electrons. The quantitative estimate of drug-likeness (QED) is 0.549. The molecule has 0 saturated carbocycles. The van der Waals surface area contributed by atoms with E-state index in [1.165, 1.54) is 32.1 Å². The third-order valence-corrected chi connectivity index (χ3v) is 4.23. The van der Waals surface area contributed by atoms with Crippen molar-refractivity contribution in [2.24, 2.45) is 0 Å². The molecule has 0 fully saturated rings. The van der Waals surface area contributed by atoms with E-state index < -0.39 is 16.8 Å². The number of carbonyl (C=O) groups is 1. The van der Waals surface area contributed by atoms with E-state index in [0.717, 1.165) is 18.6 Å². The maximum absolute atomic E-state index is 11.5. The van der Waals surface area contributed by atoms with Gasteiger partial charge in [-0.3, -0.25) is 9.00 Å². The van der Waals surface area contributed by atoms with Crippen LogP contribution in [0.2, 0.25) is 0 Å². The molecule has 4 heteroatoms. The summed E-state index contributed by atoms with van der Waals surface area (Å²) in [6.45, 7) is 2.20. The molecule has 0 spiro atoms. The van der Waals surface area contributed by atoms with Gasteiger partial charge in [0.15, 0.2) is 0 Å². The van der Waals surface area contributed by atoms with Gasteiger partial charge >= 0.3 is 5.97 Å².